The third kappa shape index (κ3) is 3.81. The summed E-state index contributed by atoms with van der Waals surface area (Å²) in [4.78, 5) is 10.7. The number of rotatable bonds is 3. The largest absolute Gasteiger partial charge is 0.309 e. The van der Waals surface area contributed by atoms with Crippen LogP contribution in [0.15, 0.2) is 170 Å². The third-order valence-corrected chi connectivity index (χ3v) is 10.3. The molecule has 232 valence electrons. The summed E-state index contributed by atoms with van der Waals surface area (Å²) in [7, 11) is 0. The first kappa shape index (κ1) is 27.2. The highest BCUT2D eigenvalue weighted by molar-refractivity contribution is 6.23. The Balaban J connectivity index is 1.37. The second kappa shape index (κ2) is 10.4. The van der Waals surface area contributed by atoms with Gasteiger partial charge in [0.25, 0.3) is 0 Å². The molecule has 4 nitrogen and oxygen atoms in total. The van der Waals surface area contributed by atoms with E-state index in [1.165, 1.54) is 48.6 Å². The van der Waals surface area contributed by atoms with Crippen LogP contribution in [0.1, 0.15) is 0 Å². The lowest BCUT2D eigenvalue weighted by atomic mass is 10.0. The van der Waals surface area contributed by atoms with Crippen LogP contribution in [0, 0.1) is 0 Å². The molecule has 0 bridgehead atoms. The fraction of sp³-hybridized carbons (Fsp3) is 0. The van der Waals surface area contributed by atoms with Gasteiger partial charge in [-0.15, -0.1) is 0 Å². The first-order valence-corrected chi connectivity index (χ1v) is 17.0. The monoisotopic (exact) mass is 636 g/mol. The third-order valence-electron chi connectivity index (χ3n) is 10.3. The number of hydrogen-bond acceptors (Lipinski definition) is 2. The van der Waals surface area contributed by atoms with Gasteiger partial charge in [-0.2, -0.15) is 0 Å². The Hall–Kier alpha value is -6.78. The molecule has 0 spiro atoms. The molecule has 0 amide bonds. The molecule has 0 atom stereocenters. The smallest absolute Gasteiger partial charge is 0.165 e. The molecule has 11 rings (SSSR count). The van der Waals surface area contributed by atoms with Crippen LogP contribution >= 0.6 is 0 Å². The van der Waals surface area contributed by atoms with E-state index in [1.54, 1.807) is 0 Å². The lowest BCUT2D eigenvalue weighted by molar-refractivity contribution is 1.08. The maximum atomic E-state index is 5.44. The van der Waals surface area contributed by atoms with Crippen molar-refractivity contribution in [2.45, 2.75) is 0 Å². The first-order valence-electron chi connectivity index (χ1n) is 17.0. The topological polar surface area (TPSA) is 35.6 Å². The molecule has 0 N–H and O–H groups in total. The summed E-state index contributed by atoms with van der Waals surface area (Å²) in [6.07, 6.45) is 0. The number of benzene rings is 8. The minimum absolute atomic E-state index is 0.818. The number of aromatic nitrogens is 4. The van der Waals surface area contributed by atoms with Gasteiger partial charge in [0.05, 0.1) is 38.8 Å². The highest BCUT2D eigenvalue weighted by Crippen LogP contribution is 2.43. The van der Waals surface area contributed by atoms with Crippen LogP contribution in [-0.2, 0) is 0 Å². The Morgan fingerprint density at radius 2 is 0.980 bits per heavy atom. The summed E-state index contributed by atoms with van der Waals surface area (Å²) in [6.45, 7) is 0. The van der Waals surface area contributed by atoms with E-state index in [4.69, 9.17) is 9.97 Å². The zero-order valence-electron chi connectivity index (χ0n) is 27.0. The standard InChI is InChI=1S/C46H28N4/c1-2-15-31(16-3-1)44-46(48-39-22-10-9-21-38(39)47-44)50-43-28-42-36(27-37(43)35-26-25-30-14-5-7-19-33(30)45(35)50)34-20-8-11-23-41(34)49(42)40-24-12-17-29-13-4-6-18-32(29)40/h1-28H. The fourth-order valence-electron chi connectivity index (χ4n) is 8.06. The molecule has 0 fully saturated rings. The van der Waals surface area contributed by atoms with Gasteiger partial charge in [-0.1, -0.05) is 133 Å². The molecule has 3 heterocycles. The first-order chi connectivity index (χ1) is 24.8. The predicted molar refractivity (Wildman–Crippen MR) is 209 cm³/mol. The molecule has 4 heteroatoms. The van der Waals surface area contributed by atoms with Crippen LogP contribution in [0.2, 0.25) is 0 Å². The number of nitrogens with zero attached hydrogens (tertiary/aromatic N) is 4. The minimum Gasteiger partial charge on any atom is -0.309 e. The molecule has 0 aliphatic carbocycles. The summed E-state index contributed by atoms with van der Waals surface area (Å²) in [6, 6.07) is 60.6. The molecule has 0 radical (unpaired) electrons. The van der Waals surface area contributed by atoms with Gasteiger partial charge in [-0.3, -0.25) is 4.57 Å². The van der Waals surface area contributed by atoms with E-state index in [0.29, 0.717) is 0 Å². The summed E-state index contributed by atoms with van der Waals surface area (Å²) < 4.78 is 4.82. The summed E-state index contributed by atoms with van der Waals surface area (Å²) in [5.41, 5.74) is 9.35. The minimum atomic E-state index is 0.818. The average Bonchev–Trinajstić information content (AvgIpc) is 3.68. The highest BCUT2D eigenvalue weighted by Gasteiger charge is 2.23. The maximum Gasteiger partial charge on any atom is 0.165 e. The van der Waals surface area contributed by atoms with E-state index in [0.717, 1.165) is 50.3 Å². The zero-order chi connectivity index (χ0) is 32.8. The van der Waals surface area contributed by atoms with Crippen molar-refractivity contribution in [3.63, 3.8) is 0 Å². The Morgan fingerprint density at radius 1 is 0.360 bits per heavy atom. The lowest BCUT2D eigenvalue weighted by Crippen LogP contribution is -2.04. The van der Waals surface area contributed by atoms with Gasteiger partial charge in [0.15, 0.2) is 5.82 Å². The van der Waals surface area contributed by atoms with Gasteiger partial charge in [0.2, 0.25) is 0 Å². The van der Waals surface area contributed by atoms with Gasteiger partial charge in [-0.05, 0) is 47.2 Å². The van der Waals surface area contributed by atoms with Crippen molar-refractivity contribution in [1.82, 2.24) is 19.1 Å². The van der Waals surface area contributed by atoms with Crippen LogP contribution < -0.4 is 0 Å². The molecule has 3 aromatic heterocycles. The van der Waals surface area contributed by atoms with Gasteiger partial charge in [0, 0.05) is 37.9 Å². The molecule has 0 saturated heterocycles. The van der Waals surface area contributed by atoms with Crippen LogP contribution in [0.3, 0.4) is 0 Å². The number of fused-ring (bicyclic) bond motifs is 10. The predicted octanol–water partition coefficient (Wildman–Crippen LogP) is 11.8. The van der Waals surface area contributed by atoms with Crippen LogP contribution in [0.25, 0.3) is 99.0 Å². The van der Waals surface area contributed by atoms with Crippen molar-refractivity contribution < 1.29 is 0 Å². The Labute approximate surface area is 287 Å². The van der Waals surface area contributed by atoms with Crippen molar-refractivity contribution in [1.29, 1.82) is 0 Å². The van der Waals surface area contributed by atoms with Gasteiger partial charge >= 0.3 is 0 Å². The quantitative estimate of drug-likeness (QED) is 0.193. The van der Waals surface area contributed by atoms with Crippen molar-refractivity contribution in [2.75, 3.05) is 0 Å². The summed E-state index contributed by atoms with van der Waals surface area (Å²) >= 11 is 0. The normalized spacial score (nSPS) is 12.0. The fourth-order valence-corrected chi connectivity index (χ4v) is 8.06. The second-order valence-electron chi connectivity index (χ2n) is 13.0. The zero-order valence-corrected chi connectivity index (χ0v) is 27.0. The molecule has 11 aromatic rings. The van der Waals surface area contributed by atoms with Gasteiger partial charge in [-0.25, -0.2) is 9.97 Å². The summed E-state index contributed by atoms with van der Waals surface area (Å²) in [5, 5.41) is 9.64. The molecular weight excluding hydrogens is 609 g/mol. The van der Waals surface area contributed by atoms with Crippen molar-refractivity contribution in [3.8, 4) is 22.8 Å². The Bertz CT molecular complexity index is 3140. The second-order valence-corrected chi connectivity index (χ2v) is 13.0. The molecule has 8 aromatic carbocycles. The molecule has 0 aliphatic heterocycles. The molecular formula is C46H28N4. The summed E-state index contributed by atoms with van der Waals surface area (Å²) in [5.74, 6) is 0.818. The van der Waals surface area contributed by atoms with E-state index in [-0.39, 0.29) is 0 Å². The van der Waals surface area contributed by atoms with Crippen LogP contribution in [0.5, 0.6) is 0 Å². The van der Waals surface area contributed by atoms with Crippen LogP contribution in [0.4, 0.5) is 0 Å². The molecule has 0 aliphatic rings. The van der Waals surface area contributed by atoms with E-state index >= 15 is 0 Å². The lowest BCUT2D eigenvalue weighted by Gasteiger charge is -2.15. The average molecular weight is 637 g/mol. The number of para-hydroxylation sites is 3. The van der Waals surface area contributed by atoms with E-state index in [2.05, 4.69) is 161 Å². The van der Waals surface area contributed by atoms with E-state index in [9.17, 15) is 0 Å². The van der Waals surface area contributed by atoms with E-state index in [1.807, 2.05) is 18.2 Å². The van der Waals surface area contributed by atoms with Crippen molar-refractivity contribution >= 4 is 76.2 Å². The SMILES string of the molecule is c1ccc(-c2nc3ccccc3nc2-n2c3cc4c(cc3c3ccc5ccccc5c32)c2ccccc2n4-c2cccc3ccccc23)cc1. The molecule has 50 heavy (non-hydrogen) atoms. The molecule has 0 saturated carbocycles. The Morgan fingerprint density at radius 3 is 1.82 bits per heavy atom. The van der Waals surface area contributed by atoms with Crippen molar-refractivity contribution in [3.05, 3.63) is 170 Å². The van der Waals surface area contributed by atoms with Gasteiger partial charge in [0.1, 0.15) is 5.69 Å². The van der Waals surface area contributed by atoms with Gasteiger partial charge < -0.3 is 4.57 Å². The van der Waals surface area contributed by atoms with E-state index < -0.39 is 0 Å². The maximum absolute atomic E-state index is 5.44. The van der Waals surface area contributed by atoms with Crippen LogP contribution in [-0.4, -0.2) is 19.1 Å². The highest BCUT2D eigenvalue weighted by atomic mass is 15.1. The Kier molecular flexibility index (Phi) is 5.63. The molecule has 0 unspecified atom stereocenters. The number of hydrogen-bond donors (Lipinski definition) is 0. The van der Waals surface area contributed by atoms with Crippen molar-refractivity contribution in [2.24, 2.45) is 0 Å².